The first kappa shape index (κ1) is 15.6. The van der Waals surface area contributed by atoms with E-state index >= 15 is 0 Å². The zero-order valence-electron chi connectivity index (χ0n) is 8.99. The summed E-state index contributed by atoms with van der Waals surface area (Å²) in [5.74, 6) is -7.49. The molecule has 0 saturated heterocycles. The van der Waals surface area contributed by atoms with Gasteiger partial charge in [0.05, 0.1) is 6.54 Å². The predicted octanol–water partition coefficient (Wildman–Crippen LogP) is 0.812. The van der Waals surface area contributed by atoms with Crippen LogP contribution in [0, 0.1) is 5.41 Å². The van der Waals surface area contributed by atoms with E-state index in [1.165, 1.54) is 5.32 Å². The third-order valence-corrected chi connectivity index (χ3v) is 2.07. The Morgan fingerprint density at radius 2 is 1.53 bits per heavy atom. The second-order valence-electron chi connectivity index (χ2n) is 3.87. The van der Waals surface area contributed by atoms with Gasteiger partial charge in [-0.05, 0) is 13.8 Å². The summed E-state index contributed by atoms with van der Waals surface area (Å²) in [7, 11) is 0. The minimum absolute atomic E-state index is 1.01. The summed E-state index contributed by atoms with van der Waals surface area (Å²) in [5, 5.41) is 1.34. The molecule has 0 aromatic rings. The standard InChI is InChI=1S/C8H11F5N2O2/c1-6(2,4(14)16)5(17)15-3-7(9,10)8(11,12)13/h3H2,1-2H3,(H2,14,16)(H,15,17). The second-order valence-corrected chi connectivity index (χ2v) is 3.87. The fourth-order valence-corrected chi connectivity index (χ4v) is 0.624. The molecule has 0 aliphatic carbocycles. The van der Waals surface area contributed by atoms with Gasteiger partial charge in [0.1, 0.15) is 5.41 Å². The van der Waals surface area contributed by atoms with E-state index in [4.69, 9.17) is 5.73 Å². The van der Waals surface area contributed by atoms with Crippen molar-refractivity contribution in [2.75, 3.05) is 6.54 Å². The summed E-state index contributed by atoms with van der Waals surface area (Å²) >= 11 is 0. The molecular formula is C8H11F5N2O2. The largest absolute Gasteiger partial charge is 0.455 e. The van der Waals surface area contributed by atoms with Crippen LogP contribution in [0.4, 0.5) is 22.0 Å². The molecule has 0 aromatic heterocycles. The zero-order valence-corrected chi connectivity index (χ0v) is 8.99. The summed E-state index contributed by atoms with van der Waals surface area (Å²) < 4.78 is 60.1. The molecule has 0 aromatic carbocycles. The van der Waals surface area contributed by atoms with Gasteiger partial charge in [0.15, 0.2) is 0 Å². The zero-order chi connectivity index (χ0) is 14.1. The Hall–Kier alpha value is -1.41. The van der Waals surface area contributed by atoms with Crippen LogP contribution in [-0.2, 0) is 9.59 Å². The van der Waals surface area contributed by atoms with E-state index in [1.807, 2.05) is 0 Å². The molecule has 0 saturated carbocycles. The van der Waals surface area contributed by atoms with Gasteiger partial charge in [0.2, 0.25) is 11.8 Å². The summed E-state index contributed by atoms with van der Waals surface area (Å²) in [6.45, 7) is 0.0822. The van der Waals surface area contributed by atoms with Crippen LogP contribution in [0.15, 0.2) is 0 Å². The Morgan fingerprint density at radius 1 is 1.12 bits per heavy atom. The number of alkyl halides is 5. The number of hydrogen-bond acceptors (Lipinski definition) is 2. The highest BCUT2D eigenvalue weighted by atomic mass is 19.4. The van der Waals surface area contributed by atoms with Crippen LogP contribution in [-0.4, -0.2) is 30.5 Å². The Bertz CT molecular complexity index is 324. The van der Waals surface area contributed by atoms with Crippen LogP contribution >= 0.6 is 0 Å². The van der Waals surface area contributed by atoms with Crippen LogP contribution < -0.4 is 11.1 Å². The van der Waals surface area contributed by atoms with Gasteiger partial charge in [-0.25, -0.2) is 0 Å². The minimum atomic E-state index is -5.77. The normalized spacial score (nSPS) is 13.4. The number of carbonyl (C=O) groups is 2. The third kappa shape index (κ3) is 3.53. The molecule has 9 heteroatoms. The van der Waals surface area contributed by atoms with Gasteiger partial charge in [0, 0.05) is 0 Å². The quantitative estimate of drug-likeness (QED) is 0.581. The lowest BCUT2D eigenvalue weighted by Crippen LogP contribution is -2.52. The number of amides is 2. The number of rotatable bonds is 4. The average Bonchev–Trinajstić information content (AvgIpc) is 2.11. The van der Waals surface area contributed by atoms with E-state index < -0.39 is 35.9 Å². The molecule has 0 aliphatic rings. The van der Waals surface area contributed by atoms with E-state index in [0.29, 0.717) is 0 Å². The maximum Gasteiger partial charge on any atom is 0.455 e. The monoisotopic (exact) mass is 262 g/mol. The number of halogens is 5. The highest BCUT2D eigenvalue weighted by molar-refractivity contribution is 6.03. The molecule has 0 unspecified atom stereocenters. The van der Waals surface area contributed by atoms with Gasteiger partial charge >= 0.3 is 12.1 Å². The van der Waals surface area contributed by atoms with Gasteiger partial charge in [-0.2, -0.15) is 22.0 Å². The molecule has 0 rings (SSSR count). The topological polar surface area (TPSA) is 72.2 Å². The van der Waals surface area contributed by atoms with Gasteiger partial charge in [-0.3, -0.25) is 9.59 Å². The first-order valence-electron chi connectivity index (χ1n) is 4.35. The third-order valence-electron chi connectivity index (χ3n) is 2.07. The minimum Gasteiger partial charge on any atom is -0.369 e. The van der Waals surface area contributed by atoms with Crippen LogP contribution in [0.5, 0.6) is 0 Å². The lowest BCUT2D eigenvalue weighted by atomic mass is 9.91. The predicted molar refractivity (Wildman–Crippen MR) is 47.0 cm³/mol. The average molecular weight is 262 g/mol. The van der Waals surface area contributed by atoms with E-state index in [2.05, 4.69) is 0 Å². The molecular weight excluding hydrogens is 251 g/mol. The molecule has 2 amide bonds. The van der Waals surface area contributed by atoms with Crippen LogP contribution in [0.3, 0.4) is 0 Å². The highest BCUT2D eigenvalue weighted by Crippen LogP contribution is 2.34. The maximum absolute atomic E-state index is 12.4. The summed E-state index contributed by atoms with van der Waals surface area (Å²) in [4.78, 5) is 21.9. The molecule has 0 bridgehead atoms. The van der Waals surface area contributed by atoms with E-state index in [0.717, 1.165) is 13.8 Å². The van der Waals surface area contributed by atoms with Crippen molar-refractivity contribution >= 4 is 11.8 Å². The van der Waals surface area contributed by atoms with Gasteiger partial charge in [-0.15, -0.1) is 0 Å². The van der Waals surface area contributed by atoms with Crippen molar-refractivity contribution in [3.8, 4) is 0 Å². The molecule has 100 valence electrons. The SMILES string of the molecule is CC(C)(C(N)=O)C(=O)NCC(F)(F)C(F)(F)F. The van der Waals surface area contributed by atoms with Crippen molar-refractivity contribution in [2.45, 2.75) is 25.9 Å². The van der Waals surface area contributed by atoms with Crippen LogP contribution in [0.25, 0.3) is 0 Å². The van der Waals surface area contributed by atoms with Crippen molar-refractivity contribution in [3.05, 3.63) is 0 Å². The lowest BCUT2D eigenvalue weighted by molar-refractivity contribution is -0.278. The molecule has 0 heterocycles. The Kier molecular flexibility index (Phi) is 4.09. The maximum atomic E-state index is 12.4. The number of hydrogen-bond donors (Lipinski definition) is 2. The van der Waals surface area contributed by atoms with Crippen molar-refractivity contribution in [3.63, 3.8) is 0 Å². The first-order valence-corrected chi connectivity index (χ1v) is 4.35. The number of primary amides is 1. The fraction of sp³-hybridized carbons (Fsp3) is 0.750. The van der Waals surface area contributed by atoms with Crippen molar-refractivity contribution in [1.82, 2.24) is 5.32 Å². The van der Waals surface area contributed by atoms with Crippen molar-refractivity contribution in [2.24, 2.45) is 11.1 Å². The van der Waals surface area contributed by atoms with Gasteiger partial charge in [0.25, 0.3) is 0 Å². The van der Waals surface area contributed by atoms with Gasteiger partial charge in [-0.1, -0.05) is 0 Å². The van der Waals surface area contributed by atoms with E-state index in [9.17, 15) is 31.5 Å². The summed E-state index contributed by atoms with van der Waals surface area (Å²) in [5.41, 5.74) is 2.93. The highest BCUT2D eigenvalue weighted by Gasteiger charge is 2.57. The Balaban J connectivity index is 4.61. The molecule has 4 nitrogen and oxygen atoms in total. The smallest absolute Gasteiger partial charge is 0.369 e. The van der Waals surface area contributed by atoms with Crippen molar-refractivity contribution in [1.29, 1.82) is 0 Å². The summed E-state index contributed by atoms with van der Waals surface area (Å²) in [6, 6.07) is 0. The lowest BCUT2D eigenvalue weighted by Gasteiger charge is -2.23. The molecule has 0 atom stereocenters. The summed E-state index contributed by atoms with van der Waals surface area (Å²) in [6.07, 6.45) is -5.77. The molecule has 0 spiro atoms. The number of carbonyl (C=O) groups excluding carboxylic acids is 2. The fourth-order valence-electron chi connectivity index (χ4n) is 0.624. The molecule has 0 fully saturated rings. The molecule has 3 N–H and O–H groups in total. The Labute approximate surface area is 93.3 Å². The van der Waals surface area contributed by atoms with Gasteiger partial charge < -0.3 is 11.1 Å². The van der Waals surface area contributed by atoms with Crippen LogP contribution in [0.2, 0.25) is 0 Å². The Morgan fingerprint density at radius 3 is 1.82 bits per heavy atom. The second kappa shape index (κ2) is 4.46. The first-order chi connectivity index (χ1) is 7.32. The van der Waals surface area contributed by atoms with Crippen LogP contribution in [0.1, 0.15) is 13.8 Å². The number of nitrogens with two attached hydrogens (primary N) is 1. The molecule has 0 radical (unpaired) electrons. The number of nitrogens with one attached hydrogen (secondary N) is 1. The molecule has 17 heavy (non-hydrogen) atoms. The van der Waals surface area contributed by atoms with Crippen molar-refractivity contribution < 1.29 is 31.5 Å². The molecule has 0 aliphatic heterocycles. The van der Waals surface area contributed by atoms with E-state index in [-0.39, 0.29) is 0 Å². The van der Waals surface area contributed by atoms with E-state index in [1.54, 1.807) is 0 Å².